The third-order valence-electron chi connectivity index (χ3n) is 6.13. The number of aryl methyl sites for hydroxylation is 1. The number of piperidine rings is 1. The van der Waals surface area contributed by atoms with Crippen molar-refractivity contribution in [2.75, 3.05) is 18.4 Å². The number of carbonyl (C=O) groups excluding carboxylic acids is 1. The first-order valence-corrected chi connectivity index (χ1v) is 11.4. The number of aromatic amines is 1. The number of hydrogen-bond donors (Lipinski definition) is 2. The molecule has 3 aromatic carbocycles. The molecule has 1 aliphatic rings. The number of H-pyrrole nitrogens is 1. The van der Waals surface area contributed by atoms with Gasteiger partial charge in [0.1, 0.15) is 11.6 Å². The molecule has 1 amide bonds. The lowest BCUT2D eigenvalue weighted by Crippen LogP contribution is -2.38. The maximum atomic E-state index is 13.0. The van der Waals surface area contributed by atoms with E-state index in [-0.39, 0.29) is 11.8 Å². The van der Waals surface area contributed by atoms with Gasteiger partial charge in [0, 0.05) is 5.92 Å². The summed E-state index contributed by atoms with van der Waals surface area (Å²) in [6.07, 6.45) is 1.65. The van der Waals surface area contributed by atoms with E-state index in [1.165, 1.54) is 5.56 Å². The summed E-state index contributed by atoms with van der Waals surface area (Å²) < 4.78 is 5.98. The van der Waals surface area contributed by atoms with E-state index in [1.54, 1.807) is 0 Å². The Morgan fingerprint density at radius 1 is 1.06 bits per heavy atom. The van der Waals surface area contributed by atoms with Crippen LogP contribution < -0.4 is 10.1 Å². The highest BCUT2D eigenvalue weighted by atomic mass is 16.5. The SMILES string of the molecule is Cc1ccc2nc(CN3CCC(C(=O)Nc4ccccc4Oc4ccccc4)CC3)[nH]c2c1. The summed E-state index contributed by atoms with van der Waals surface area (Å²) in [7, 11) is 0. The average Bonchev–Trinajstić information content (AvgIpc) is 3.23. The number of ether oxygens (including phenoxy) is 1. The van der Waals surface area contributed by atoms with Crippen LogP contribution in [0.5, 0.6) is 11.5 Å². The number of fused-ring (bicyclic) bond motifs is 1. The normalized spacial score (nSPS) is 14.9. The van der Waals surface area contributed by atoms with Crippen molar-refractivity contribution in [3.05, 3.63) is 84.2 Å². The second kappa shape index (κ2) is 9.46. The molecule has 0 bridgehead atoms. The predicted molar refractivity (Wildman–Crippen MR) is 130 cm³/mol. The van der Waals surface area contributed by atoms with Gasteiger partial charge < -0.3 is 15.0 Å². The Labute approximate surface area is 193 Å². The van der Waals surface area contributed by atoms with Crippen LogP contribution in [0.2, 0.25) is 0 Å². The Morgan fingerprint density at radius 3 is 2.64 bits per heavy atom. The summed E-state index contributed by atoms with van der Waals surface area (Å²) in [6.45, 7) is 4.60. The number of amides is 1. The number of imidazole rings is 1. The Bertz CT molecular complexity index is 1240. The van der Waals surface area contributed by atoms with Gasteiger partial charge in [-0.15, -0.1) is 0 Å². The first kappa shape index (κ1) is 21.2. The smallest absolute Gasteiger partial charge is 0.227 e. The van der Waals surface area contributed by atoms with E-state index in [4.69, 9.17) is 9.72 Å². The van der Waals surface area contributed by atoms with Crippen LogP contribution in [0.1, 0.15) is 24.2 Å². The predicted octanol–water partition coefficient (Wildman–Crippen LogP) is 5.51. The molecular formula is C27H28N4O2. The van der Waals surface area contributed by atoms with Crippen LogP contribution in [0.15, 0.2) is 72.8 Å². The molecule has 1 aliphatic heterocycles. The minimum atomic E-state index is -0.00986. The molecule has 0 saturated carbocycles. The van der Waals surface area contributed by atoms with Crippen molar-refractivity contribution in [2.24, 2.45) is 5.92 Å². The number of carbonyl (C=O) groups is 1. The van der Waals surface area contributed by atoms with Crippen molar-refractivity contribution < 1.29 is 9.53 Å². The zero-order valence-electron chi connectivity index (χ0n) is 18.8. The van der Waals surface area contributed by atoms with Crippen molar-refractivity contribution in [1.29, 1.82) is 0 Å². The second-order valence-electron chi connectivity index (χ2n) is 8.66. The lowest BCUT2D eigenvalue weighted by atomic mass is 9.95. The van der Waals surface area contributed by atoms with Crippen LogP contribution in [0.25, 0.3) is 11.0 Å². The molecule has 0 spiro atoms. The Kier molecular flexibility index (Phi) is 6.09. The molecule has 2 heterocycles. The van der Waals surface area contributed by atoms with Gasteiger partial charge in [-0.3, -0.25) is 9.69 Å². The van der Waals surface area contributed by atoms with E-state index < -0.39 is 0 Å². The maximum absolute atomic E-state index is 13.0. The van der Waals surface area contributed by atoms with E-state index in [0.29, 0.717) is 11.4 Å². The number of aromatic nitrogens is 2. The fourth-order valence-corrected chi connectivity index (χ4v) is 4.33. The zero-order chi connectivity index (χ0) is 22.6. The molecule has 168 valence electrons. The number of nitrogens with zero attached hydrogens (tertiary/aromatic N) is 2. The number of likely N-dealkylation sites (tertiary alicyclic amines) is 1. The molecule has 0 aliphatic carbocycles. The summed E-state index contributed by atoms with van der Waals surface area (Å²) in [5, 5.41) is 3.09. The minimum absolute atomic E-state index is 0.00986. The van der Waals surface area contributed by atoms with Gasteiger partial charge in [-0.2, -0.15) is 0 Å². The van der Waals surface area contributed by atoms with Gasteiger partial charge >= 0.3 is 0 Å². The standard InChI is InChI=1S/C27H28N4O2/c1-19-11-12-22-24(17-19)29-26(28-22)18-31-15-13-20(14-16-31)27(32)30-23-9-5-6-10-25(23)33-21-7-3-2-4-8-21/h2-12,17,20H,13-16,18H2,1H3,(H,28,29)(H,30,32). The first-order valence-electron chi connectivity index (χ1n) is 11.4. The van der Waals surface area contributed by atoms with Crippen molar-refractivity contribution in [2.45, 2.75) is 26.3 Å². The lowest BCUT2D eigenvalue weighted by Gasteiger charge is -2.30. The Morgan fingerprint density at radius 2 is 1.82 bits per heavy atom. The van der Waals surface area contributed by atoms with E-state index in [1.807, 2.05) is 54.6 Å². The molecule has 1 aromatic heterocycles. The van der Waals surface area contributed by atoms with Crippen LogP contribution in [0, 0.1) is 12.8 Å². The van der Waals surface area contributed by atoms with Crippen LogP contribution in [0.3, 0.4) is 0 Å². The summed E-state index contributed by atoms with van der Waals surface area (Å²) in [6, 6.07) is 23.4. The van der Waals surface area contributed by atoms with Crippen LogP contribution in [-0.2, 0) is 11.3 Å². The zero-order valence-corrected chi connectivity index (χ0v) is 18.8. The summed E-state index contributed by atoms with van der Waals surface area (Å²) in [5.41, 5.74) is 4.00. The topological polar surface area (TPSA) is 70.2 Å². The second-order valence-corrected chi connectivity index (χ2v) is 8.66. The number of para-hydroxylation sites is 3. The molecule has 4 aromatic rings. The average molecular weight is 441 g/mol. The Hall–Kier alpha value is -3.64. The third kappa shape index (κ3) is 5.07. The van der Waals surface area contributed by atoms with Gasteiger partial charge in [0.25, 0.3) is 0 Å². The molecular weight excluding hydrogens is 412 g/mol. The van der Waals surface area contributed by atoms with Crippen molar-refractivity contribution in [3.63, 3.8) is 0 Å². The Balaban J connectivity index is 1.17. The number of hydrogen-bond acceptors (Lipinski definition) is 4. The molecule has 2 N–H and O–H groups in total. The molecule has 5 rings (SSSR count). The monoisotopic (exact) mass is 440 g/mol. The quantitative estimate of drug-likeness (QED) is 0.414. The fourth-order valence-electron chi connectivity index (χ4n) is 4.33. The molecule has 1 fully saturated rings. The van der Waals surface area contributed by atoms with Crippen LogP contribution in [0.4, 0.5) is 5.69 Å². The maximum Gasteiger partial charge on any atom is 0.227 e. The van der Waals surface area contributed by atoms with Gasteiger partial charge in [-0.05, 0) is 74.8 Å². The highest BCUT2D eigenvalue weighted by molar-refractivity contribution is 5.94. The number of anilines is 1. The van der Waals surface area contributed by atoms with Crippen molar-refractivity contribution in [1.82, 2.24) is 14.9 Å². The van der Waals surface area contributed by atoms with Gasteiger partial charge in [0.05, 0.1) is 23.3 Å². The van der Waals surface area contributed by atoms with Gasteiger partial charge in [-0.25, -0.2) is 4.98 Å². The van der Waals surface area contributed by atoms with E-state index in [2.05, 4.69) is 40.3 Å². The lowest BCUT2D eigenvalue weighted by molar-refractivity contribution is -0.121. The summed E-state index contributed by atoms with van der Waals surface area (Å²) >= 11 is 0. The molecule has 33 heavy (non-hydrogen) atoms. The highest BCUT2D eigenvalue weighted by Crippen LogP contribution is 2.30. The van der Waals surface area contributed by atoms with Gasteiger partial charge in [-0.1, -0.05) is 36.4 Å². The number of nitrogens with one attached hydrogen (secondary N) is 2. The summed E-state index contributed by atoms with van der Waals surface area (Å²) in [5.74, 6) is 2.41. The van der Waals surface area contributed by atoms with Crippen LogP contribution >= 0.6 is 0 Å². The van der Waals surface area contributed by atoms with E-state index in [0.717, 1.165) is 55.1 Å². The fraction of sp³-hybridized carbons (Fsp3) is 0.259. The molecule has 0 atom stereocenters. The third-order valence-corrected chi connectivity index (χ3v) is 6.13. The summed E-state index contributed by atoms with van der Waals surface area (Å²) in [4.78, 5) is 23.5. The van der Waals surface area contributed by atoms with E-state index in [9.17, 15) is 4.79 Å². The largest absolute Gasteiger partial charge is 0.455 e. The van der Waals surface area contributed by atoms with Crippen molar-refractivity contribution >= 4 is 22.6 Å². The molecule has 1 saturated heterocycles. The van der Waals surface area contributed by atoms with Gasteiger partial charge in [0.2, 0.25) is 5.91 Å². The van der Waals surface area contributed by atoms with Crippen LogP contribution in [-0.4, -0.2) is 33.9 Å². The highest BCUT2D eigenvalue weighted by Gasteiger charge is 2.26. The molecule has 0 unspecified atom stereocenters. The first-order chi connectivity index (χ1) is 16.1. The van der Waals surface area contributed by atoms with Crippen molar-refractivity contribution in [3.8, 4) is 11.5 Å². The van der Waals surface area contributed by atoms with Gasteiger partial charge in [0.15, 0.2) is 5.75 Å². The minimum Gasteiger partial charge on any atom is -0.455 e. The molecule has 6 heteroatoms. The molecule has 0 radical (unpaired) electrons. The molecule has 6 nitrogen and oxygen atoms in total. The van der Waals surface area contributed by atoms with E-state index >= 15 is 0 Å². The number of benzene rings is 3. The number of rotatable bonds is 6.